The molecule has 0 spiro atoms. The normalized spacial score (nSPS) is 18.2. The SMILES string of the molecule is O=C(NCCCCNc1ccccn1)C1CCNC1. The summed E-state index contributed by atoms with van der Waals surface area (Å²) in [7, 11) is 0. The van der Waals surface area contributed by atoms with Crippen molar-refractivity contribution in [2.75, 3.05) is 31.5 Å². The second-order valence-electron chi connectivity index (χ2n) is 4.83. The lowest BCUT2D eigenvalue weighted by Crippen LogP contribution is -2.32. The van der Waals surface area contributed by atoms with Gasteiger partial charge in [-0.2, -0.15) is 0 Å². The maximum Gasteiger partial charge on any atom is 0.224 e. The van der Waals surface area contributed by atoms with Crippen molar-refractivity contribution in [1.29, 1.82) is 0 Å². The molecule has 19 heavy (non-hydrogen) atoms. The van der Waals surface area contributed by atoms with Gasteiger partial charge in [-0.05, 0) is 37.9 Å². The topological polar surface area (TPSA) is 66.0 Å². The predicted octanol–water partition coefficient (Wildman–Crippen LogP) is 0.999. The van der Waals surface area contributed by atoms with Crippen molar-refractivity contribution in [3.8, 4) is 0 Å². The third-order valence-corrected chi connectivity index (χ3v) is 3.30. The number of hydrogen-bond acceptors (Lipinski definition) is 4. The van der Waals surface area contributed by atoms with E-state index >= 15 is 0 Å². The number of amides is 1. The molecule has 1 saturated heterocycles. The van der Waals surface area contributed by atoms with Crippen LogP contribution in [0.15, 0.2) is 24.4 Å². The molecule has 104 valence electrons. The van der Waals surface area contributed by atoms with Crippen molar-refractivity contribution in [2.45, 2.75) is 19.3 Å². The molecule has 3 N–H and O–H groups in total. The van der Waals surface area contributed by atoms with Gasteiger partial charge in [0.25, 0.3) is 0 Å². The van der Waals surface area contributed by atoms with Gasteiger partial charge in [0.15, 0.2) is 0 Å². The quantitative estimate of drug-likeness (QED) is 0.641. The molecule has 0 bridgehead atoms. The lowest BCUT2D eigenvalue weighted by atomic mass is 10.1. The second-order valence-corrected chi connectivity index (χ2v) is 4.83. The summed E-state index contributed by atoms with van der Waals surface area (Å²) in [6.07, 6.45) is 4.76. The molecule has 1 unspecified atom stereocenters. The molecular formula is C14H22N4O. The van der Waals surface area contributed by atoms with E-state index < -0.39 is 0 Å². The van der Waals surface area contributed by atoms with E-state index in [0.29, 0.717) is 0 Å². The summed E-state index contributed by atoms with van der Waals surface area (Å²) in [6, 6.07) is 5.82. The first-order valence-corrected chi connectivity index (χ1v) is 6.99. The molecule has 2 heterocycles. The van der Waals surface area contributed by atoms with Crippen molar-refractivity contribution in [1.82, 2.24) is 15.6 Å². The number of anilines is 1. The van der Waals surface area contributed by atoms with Crippen LogP contribution in [0.4, 0.5) is 5.82 Å². The maximum absolute atomic E-state index is 11.7. The van der Waals surface area contributed by atoms with Crippen LogP contribution in [0.2, 0.25) is 0 Å². The molecule has 1 amide bonds. The van der Waals surface area contributed by atoms with Crippen LogP contribution in [0, 0.1) is 5.92 Å². The summed E-state index contributed by atoms with van der Waals surface area (Å²) in [5.74, 6) is 1.28. The van der Waals surface area contributed by atoms with E-state index in [9.17, 15) is 4.79 Å². The molecule has 1 aliphatic heterocycles. The van der Waals surface area contributed by atoms with Crippen LogP contribution in [0.5, 0.6) is 0 Å². The van der Waals surface area contributed by atoms with Crippen LogP contribution in [0.25, 0.3) is 0 Å². The van der Waals surface area contributed by atoms with Gasteiger partial charge >= 0.3 is 0 Å². The molecule has 0 aliphatic carbocycles. The zero-order valence-electron chi connectivity index (χ0n) is 11.2. The Kier molecular flexibility index (Phi) is 5.62. The van der Waals surface area contributed by atoms with E-state index in [-0.39, 0.29) is 11.8 Å². The molecule has 0 radical (unpaired) electrons. The second kappa shape index (κ2) is 7.74. The smallest absolute Gasteiger partial charge is 0.224 e. The number of rotatable bonds is 7. The van der Waals surface area contributed by atoms with Crippen LogP contribution in [0.1, 0.15) is 19.3 Å². The minimum absolute atomic E-state index is 0.173. The minimum atomic E-state index is 0.173. The Morgan fingerprint density at radius 3 is 3.00 bits per heavy atom. The van der Waals surface area contributed by atoms with E-state index in [2.05, 4.69) is 20.9 Å². The fourth-order valence-corrected chi connectivity index (χ4v) is 2.17. The lowest BCUT2D eigenvalue weighted by molar-refractivity contribution is -0.124. The summed E-state index contributed by atoms with van der Waals surface area (Å²) in [5, 5.41) is 9.46. The molecule has 5 heteroatoms. The maximum atomic E-state index is 11.7. The average molecular weight is 262 g/mol. The monoisotopic (exact) mass is 262 g/mol. The lowest BCUT2D eigenvalue weighted by Gasteiger charge is -2.10. The van der Waals surface area contributed by atoms with Gasteiger partial charge in [-0.3, -0.25) is 4.79 Å². The summed E-state index contributed by atoms with van der Waals surface area (Å²) in [5.41, 5.74) is 0. The fourth-order valence-electron chi connectivity index (χ4n) is 2.17. The van der Waals surface area contributed by atoms with Crippen molar-refractivity contribution < 1.29 is 4.79 Å². The highest BCUT2D eigenvalue weighted by atomic mass is 16.1. The molecule has 0 aromatic carbocycles. The molecule has 0 saturated carbocycles. The van der Waals surface area contributed by atoms with E-state index in [1.807, 2.05) is 18.2 Å². The van der Waals surface area contributed by atoms with Crippen molar-refractivity contribution in [3.05, 3.63) is 24.4 Å². The summed E-state index contributed by atoms with van der Waals surface area (Å²) in [6.45, 7) is 3.44. The first-order chi connectivity index (χ1) is 9.36. The molecule has 1 fully saturated rings. The fraction of sp³-hybridized carbons (Fsp3) is 0.571. The number of aromatic nitrogens is 1. The predicted molar refractivity (Wildman–Crippen MR) is 75.9 cm³/mol. The zero-order valence-corrected chi connectivity index (χ0v) is 11.2. The highest BCUT2D eigenvalue weighted by molar-refractivity contribution is 5.79. The van der Waals surface area contributed by atoms with Crippen LogP contribution >= 0.6 is 0 Å². The van der Waals surface area contributed by atoms with Gasteiger partial charge in [-0.25, -0.2) is 4.98 Å². The largest absolute Gasteiger partial charge is 0.370 e. The van der Waals surface area contributed by atoms with Gasteiger partial charge in [0.05, 0.1) is 5.92 Å². The third-order valence-electron chi connectivity index (χ3n) is 3.30. The Labute approximate surface area is 114 Å². The molecule has 1 aliphatic rings. The van der Waals surface area contributed by atoms with Gasteiger partial charge in [0.1, 0.15) is 5.82 Å². The van der Waals surface area contributed by atoms with Gasteiger partial charge in [-0.1, -0.05) is 6.07 Å². The van der Waals surface area contributed by atoms with Crippen molar-refractivity contribution >= 4 is 11.7 Å². The van der Waals surface area contributed by atoms with Gasteiger partial charge in [-0.15, -0.1) is 0 Å². The molecular weight excluding hydrogens is 240 g/mol. The number of hydrogen-bond donors (Lipinski definition) is 3. The molecule has 2 rings (SSSR count). The number of carbonyl (C=O) groups is 1. The highest BCUT2D eigenvalue weighted by Gasteiger charge is 2.21. The third kappa shape index (κ3) is 4.87. The first kappa shape index (κ1) is 13.8. The van der Waals surface area contributed by atoms with Crippen LogP contribution in [-0.4, -0.2) is 37.1 Å². The van der Waals surface area contributed by atoms with Gasteiger partial charge in [0.2, 0.25) is 5.91 Å². The van der Waals surface area contributed by atoms with Crippen molar-refractivity contribution in [2.24, 2.45) is 5.92 Å². The van der Waals surface area contributed by atoms with E-state index in [1.54, 1.807) is 6.20 Å². The zero-order chi connectivity index (χ0) is 13.3. The summed E-state index contributed by atoms with van der Waals surface area (Å²) < 4.78 is 0. The van der Waals surface area contributed by atoms with Gasteiger partial charge in [0, 0.05) is 25.8 Å². The summed E-state index contributed by atoms with van der Waals surface area (Å²) >= 11 is 0. The Morgan fingerprint density at radius 2 is 2.26 bits per heavy atom. The molecule has 1 aromatic heterocycles. The first-order valence-electron chi connectivity index (χ1n) is 6.99. The molecule has 1 aromatic rings. The number of nitrogens with zero attached hydrogens (tertiary/aromatic N) is 1. The average Bonchev–Trinajstić information content (AvgIpc) is 2.98. The Hall–Kier alpha value is -1.62. The van der Waals surface area contributed by atoms with Crippen LogP contribution in [-0.2, 0) is 4.79 Å². The number of pyridine rings is 1. The van der Waals surface area contributed by atoms with Crippen molar-refractivity contribution in [3.63, 3.8) is 0 Å². The van der Waals surface area contributed by atoms with E-state index in [4.69, 9.17) is 0 Å². The Balaban J connectivity index is 1.49. The Bertz CT molecular complexity index is 376. The molecule has 5 nitrogen and oxygen atoms in total. The number of carbonyl (C=O) groups excluding carboxylic acids is 1. The highest BCUT2D eigenvalue weighted by Crippen LogP contribution is 2.07. The number of unbranched alkanes of at least 4 members (excludes halogenated alkanes) is 1. The standard InChI is InChI=1S/C14H22N4O/c19-14(12-6-10-15-11-12)18-9-4-3-8-17-13-5-1-2-7-16-13/h1-2,5,7,12,15H,3-4,6,8-11H2,(H,16,17)(H,18,19). The minimum Gasteiger partial charge on any atom is -0.370 e. The number of nitrogens with one attached hydrogen (secondary N) is 3. The van der Waals surface area contributed by atoms with Crippen LogP contribution < -0.4 is 16.0 Å². The Morgan fingerprint density at radius 1 is 1.37 bits per heavy atom. The van der Waals surface area contributed by atoms with Gasteiger partial charge < -0.3 is 16.0 Å². The van der Waals surface area contributed by atoms with E-state index in [0.717, 1.165) is 51.3 Å². The molecule has 1 atom stereocenters. The summed E-state index contributed by atoms with van der Waals surface area (Å²) in [4.78, 5) is 15.9. The van der Waals surface area contributed by atoms with Crippen LogP contribution in [0.3, 0.4) is 0 Å². The van der Waals surface area contributed by atoms with E-state index in [1.165, 1.54) is 0 Å².